The van der Waals surface area contributed by atoms with Gasteiger partial charge in [-0.3, -0.25) is 9.52 Å². The van der Waals surface area contributed by atoms with Gasteiger partial charge in [-0.1, -0.05) is 32.6 Å². The summed E-state index contributed by atoms with van der Waals surface area (Å²) in [6, 6.07) is 6.47. The van der Waals surface area contributed by atoms with Crippen molar-refractivity contribution < 1.29 is 13.2 Å². The number of benzene rings is 1. The van der Waals surface area contributed by atoms with Crippen molar-refractivity contribution in [3.8, 4) is 0 Å². The molecule has 0 fully saturated rings. The highest BCUT2D eigenvalue weighted by Gasteiger charge is 2.06. The first-order valence-corrected chi connectivity index (χ1v) is 9.63. The molecule has 2 N–H and O–H groups in total. The molecule has 0 saturated heterocycles. The number of Topliss-reactive ketones (excluding diaryl/α,β-unsaturated/α-hetero) is 1. The van der Waals surface area contributed by atoms with Crippen LogP contribution in [0.25, 0.3) is 0 Å². The summed E-state index contributed by atoms with van der Waals surface area (Å²) in [4.78, 5) is 12.0. The van der Waals surface area contributed by atoms with Gasteiger partial charge >= 0.3 is 0 Å². The van der Waals surface area contributed by atoms with E-state index in [0.29, 0.717) is 17.8 Å². The Labute approximate surface area is 133 Å². The van der Waals surface area contributed by atoms with Crippen LogP contribution in [-0.2, 0) is 10.0 Å². The second-order valence-electron chi connectivity index (χ2n) is 5.47. The number of carbonyl (C=O) groups excluding carboxylic acids is 1. The molecule has 22 heavy (non-hydrogen) atoms. The monoisotopic (exact) mass is 326 g/mol. The Bertz CT molecular complexity index is 553. The van der Waals surface area contributed by atoms with E-state index < -0.39 is 10.0 Å². The predicted molar refractivity (Wildman–Crippen MR) is 90.9 cm³/mol. The van der Waals surface area contributed by atoms with E-state index in [1.165, 1.54) is 25.7 Å². The predicted octanol–water partition coefficient (Wildman–Crippen LogP) is 2.80. The molecule has 0 aliphatic carbocycles. The molecule has 0 aliphatic rings. The number of rotatable bonds is 11. The fourth-order valence-electron chi connectivity index (χ4n) is 2.10. The smallest absolute Gasteiger partial charge is 0.229 e. The van der Waals surface area contributed by atoms with Gasteiger partial charge in [-0.2, -0.15) is 0 Å². The minimum Gasteiger partial charge on any atom is -0.310 e. The Hall–Kier alpha value is -1.40. The standard InChI is InChI=1S/C16H26N2O3S/c1-3-4-5-6-7-12-17-13-16(19)14-8-10-15(11-9-14)18-22(2,20)21/h8-11,17-18H,3-7,12-13H2,1-2H3. The first kappa shape index (κ1) is 18.6. The van der Waals surface area contributed by atoms with Gasteiger partial charge in [-0.05, 0) is 37.2 Å². The fraction of sp³-hybridized carbons (Fsp3) is 0.562. The van der Waals surface area contributed by atoms with Gasteiger partial charge in [-0.15, -0.1) is 0 Å². The van der Waals surface area contributed by atoms with Gasteiger partial charge in [0.2, 0.25) is 10.0 Å². The maximum Gasteiger partial charge on any atom is 0.229 e. The summed E-state index contributed by atoms with van der Waals surface area (Å²) in [7, 11) is -3.28. The van der Waals surface area contributed by atoms with E-state index in [1.807, 2.05) is 0 Å². The van der Waals surface area contributed by atoms with Gasteiger partial charge in [0, 0.05) is 11.3 Å². The highest BCUT2D eigenvalue weighted by molar-refractivity contribution is 7.92. The average Bonchev–Trinajstić information content (AvgIpc) is 2.45. The van der Waals surface area contributed by atoms with Crippen molar-refractivity contribution in [3.05, 3.63) is 29.8 Å². The molecular formula is C16H26N2O3S. The van der Waals surface area contributed by atoms with Gasteiger partial charge in [0.05, 0.1) is 12.8 Å². The zero-order valence-electron chi connectivity index (χ0n) is 13.4. The number of hydrogen-bond donors (Lipinski definition) is 2. The summed E-state index contributed by atoms with van der Waals surface area (Å²) in [5, 5.41) is 3.15. The van der Waals surface area contributed by atoms with Crippen molar-refractivity contribution in [3.63, 3.8) is 0 Å². The SMILES string of the molecule is CCCCCCCNCC(=O)c1ccc(NS(C)(=O)=O)cc1. The lowest BCUT2D eigenvalue weighted by atomic mass is 10.1. The number of nitrogens with one attached hydrogen (secondary N) is 2. The summed E-state index contributed by atoms with van der Waals surface area (Å²) in [5.41, 5.74) is 1.04. The molecule has 0 saturated carbocycles. The molecule has 0 aliphatic heterocycles. The third-order valence-corrected chi connectivity index (χ3v) is 3.86. The number of unbranched alkanes of at least 4 members (excludes halogenated alkanes) is 4. The van der Waals surface area contributed by atoms with Gasteiger partial charge in [0.1, 0.15) is 0 Å². The Kier molecular flexibility index (Phi) is 8.12. The Balaban J connectivity index is 2.31. The normalized spacial score (nSPS) is 11.4. The summed E-state index contributed by atoms with van der Waals surface area (Å²) in [6.07, 6.45) is 7.13. The van der Waals surface area contributed by atoms with Crippen LogP contribution in [0, 0.1) is 0 Å². The highest BCUT2D eigenvalue weighted by atomic mass is 32.2. The quantitative estimate of drug-likeness (QED) is 0.484. The molecule has 1 aromatic carbocycles. The number of hydrogen-bond acceptors (Lipinski definition) is 4. The largest absolute Gasteiger partial charge is 0.310 e. The zero-order chi connectivity index (χ0) is 16.4. The van der Waals surface area contributed by atoms with E-state index >= 15 is 0 Å². The van der Waals surface area contributed by atoms with Crippen LogP contribution in [0.4, 0.5) is 5.69 Å². The van der Waals surface area contributed by atoms with Crippen LogP contribution in [0.3, 0.4) is 0 Å². The summed E-state index contributed by atoms with van der Waals surface area (Å²) < 4.78 is 24.6. The molecule has 6 heteroatoms. The maximum absolute atomic E-state index is 12.0. The molecule has 5 nitrogen and oxygen atoms in total. The lowest BCUT2D eigenvalue weighted by Gasteiger charge is -2.06. The number of ketones is 1. The Morgan fingerprint density at radius 3 is 2.27 bits per heavy atom. The fourth-order valence-corrected chi connectivity index (χ4v) is 2.66. The van der Waals surface area contributed by atoms with E-state index in [1.54, 1.807) is 24.3 Å². The molecule has 0 amide bonds. The second kappa shape index (κ2) is 9.58. The third-order valence-electron chi connectivity index (χ3n) is 3.25. The van der Waals surface area contributed by atoms with Crippen LogP contribution in [0.15, 0.2) is 24.3 Å². The summed E-state index contributed by atoms with van der Waals surface area (Å²) >= 11 is 0. The van der Waals surface area contributed by atoms with Crippen LogP contribution >= 0.6 is 0 Å². The average molecular weight is 326 g/mol. The minimum absolute atomic E-state index is 0.0134. The van der Waals surface area contributed by atoms with E-state index in [-0.39, 0.29) is 5.78 Å². The van der Waals surface area contributed by atoms with Crippen molar-refractivity contribution in [2.24, 2.45) is 0 Å². The van der Waals surface area contributed by atoms with Gasteiger partial charge < -0.3 is 5.32 Å². The van der Waals surface area contributed by atoms with Crippen LogP contribution in [0.1, 0.15) is 49.4 Å². The molecule has 0 aromatic heterocycles. The topological polar surface area (TPSA) is 75.3 Å². The molecule has 0 bridgehead atoms. The molecule has 1 rings (SSSR count). The summed E-state index contributed by atoms with van der Waals surface area (Å²) in [6.45, 7) is 3.35. The van der Waals surface area contributed by atoms with Crippen molar-refractivity contribution in [2.75, 3.05) is 24.1 Å². The van der Waals surface area contributed by atoms with Crippen LogP contribution in [-0.4, -0.2) is 33.5 Å². The van der Waals surface area contributed by atoms with Crippen LogP contribution in [0.5, 0.6) is 0 Å². The van der Waals surface area contributed by atoms with Crippen molar-refractivity contribution in [1.82, 2.24) is 5.32 Å². The molecule has 0 heterocycles. The molecule has 1 aromatic rings. The molecule has 124 valence electrons. The lowest BCUT2D eigenvalue weighted by molar-refractivity contribution is 0.0991. The van der Waals surface area contributed by atoms with Gasteiger partial charge in [-0.25, -0.2) is 8.42 Å². The zero-order valence-corrected chi connectivity index (χ0v) is 14.2. The second-order valence-corrected chi connectivity index (χ2v) is 7.21. The van der Waals surface area contributed by atoms with Crippen LogP contribution < -0.4 is 10.0 Å². The number of sulfonamides is 1. The van der Waals surface area contributed by atoms with Crippen molar-refractivity contribution >= 4 is 21.5 Å². The molecule has 0 radical (unpaired) electrons. The van der Waals surface area contributed by atoms with Gasteiger partial charge in [0.25, 0.3) is 0 Å². The van der Waals surface area contributed by atoms with Gasteiger partial charge in [0.15, 0.2) is 5.78 Å². The number of carbonyl (C=O) groups is 1. The van der Waals surface area contributed by atoms with E-state index in [4.69, 9.17) is 0 Å². The van der Waals surface area contributed by atoms with E-state index in [9.17, 15) is 13.2 Å². The first-order chi connectivity index (χ1) is 10.4. The Morgan fingerprint density at radius 2 is 1.68 bits per heavy atom. The van der Waals surface area contributed by atoms with Crippen molar-refractivity contribution in [2.45, 2.75) is 39.0 Å². The van der Waals surface area contributed by atoms with Crippen molar-refractivity contribution in [1.29, 1.82) is 0 Å². The highest BCUT2D eigenvalue weighted by Crippen LogP contribution is 2.11. The summed E-state index contributed by atoms with van der Waals surface area (Å²) in [5.74, 6) is 0.0134. The molecule has 0 atom stereocenters. The van der Waals surface area contributed by atoms with E-state index in [0.717, 1.165) is 19.2 Å². The third kappa shape index (κ3) is 8.14. The van der Waals surface area contributed by atoms with Crippen LogP contribution in [0.2, 0.25) is 0 Å². The number of anilines is 1. The maximum atomic E-state index is 12.0. The minimum atomic E-state index is -3.28. The lowest BCUT2D eigenvalue weighted by Crippen LogP contribution is -2.24. The van der Waals surface area contributed by atoms with E-state index in [2.05, 4.69) is 17.0 Å². The molecule has 0 unspecified atom stereocenters. The first-order valence-electron chi connectivity index (χ1n) is 7.74. The molecular weight excluding hydrogens is 300 g/mol. The molecule has 0 spiro atoms. The Morgan fingerprint density at radius 1 is 1.05 bits per heavy atom.